The number of terminal acetylenes is 1. The number of halogens is 2. The van der Waals surface area contributed by atoms with E-state index in [0.29, 0.717) is 5.02 Å². The summed E-state index contributed by atoms with van der Waals surface area (Å²) in [4.78, 5) is 0. The average molecular weight is 287 g/mol. The molecule has 0 aliphatic rings. The monoisotopic (exact) mass is 285 g/mol. The zero-order chi connectivity index (χ0) is 11.3. The fourth-order valence-electron chi connectivity index (χ4n) is 1.29. The first kappa shape index (κ1) is 12.6. The van der Waals surface area contributed by atoms with Gasteiger partial charge in [-0.25, -0.2) is 0 Å². The van der Waals surface area contributed by atoms with Crippen LogP contribution in [-0.4, -0.2) is 6.54 Å². The van der Waals surface area contributed by atoms with Crippen LogP contribution in [0.15, 0.2) is 22.7 Å². The SMILES string of the molecule is C#CC(NCCC)c1cccc(Br)c1Cl. The lowest BCUT2D eigenvalue weighted by Crippen LogP contribution is -2.20. The fraction of sp³-hybridized carbons (Fsp3) is 0.333. The summed E-state index contributed by atoms with van der Waals surface area (Å²) in [5, 5.41) is 3.95. The van der Waals surface area contributed by atoms with Crippen molar-refractivity contribution in [3.63, 3.8) is 0 Å². The average Bonchev–Trinajstić information content (AvgIpc) is 2.25. The highest BCUT2D eigenvalue weighted by Gasteiger charge is 2.12. The van der Waals surface area contributed by atoms with Gasteiger partial charge in [0, 0.05) is 10.0 Å². The number of rotatable bonds is 4. The summed E-state index contributed by atoms with van der Waals surface area (Å²) in [5.41, 5.74) is 0.946. The molecule has 1 aromatic rings. The molecular formula is C12H13BrClN. The molecule has 0 aliphatic carbocycles. The lowest BCUT2D eigenvalue weighted by atomic mass is 10.1. The van der Waals surface area contributed by atoms with E-state index in [0.717, 1.165) is 23.0 Å². The van der Waals surface area contributed by atoms with E-state index in [1.807, 2.05) is 18.2 Å². The Balaban J connectivity index is 2.93. The molecule has 3 heteroatoms. The van der Waals surface area contributed by atoms with Crippen LogP contribution in [0.2, 0.25) is 5.02 Å². The van der Waals surface area contributed by atoms with Crippen molar-refractivity contribution < 1.29 is 0 Å². The van der Waals surface area contributed by atoms with Gasteiger partial charge in [-0.2, -0.15) is 0 Å². The van der Waals surface area contributed by atoms with Gasteiger partial charge in [-0.1, -0.05) is 36.6 Å². The molecule has 1 rings (SSSR count). The lowest BCUT2D eigenvalue weighted by molar-refractivity contribution is 0.626. The van der Waals surface area contributed by atoms with Crippen molar-refractivity contribution in [2.45, 2.75) is 19.4 Å². The first-order valence-electron chi connectivity index (χ1n) is 4.84. The normalized spacial score (nSPS) is 12.1. The molecule has 0 heterocycles. The quantitative estimate of drug-likeness (QED) is 0.831. The molecule has 0 aliphatic heterocycles. The van der Waals surface area contributed by atoms with E-state index in [4.69, 9.17) is 18.0 Å². The molecule has 80 valence electrons. The van der Waals surface area contributed by atoms with Crippen molar-refractivity contribution in [3.8, 4) is 12.3 Å². The Morgan fingerprint density at radius 2 is 2.33 bits per heavy atom. The maximum atomic E-state index is 6.16. The van der Waals surface area contributed by atoms with E-state index in [9.17, 15) is 0 Å². The highest BCUT2D eigenvalue weighted by molar-refractivity contribution is 9.10. The first-order valence-corrected chi connectivity index (χ1v) is 6.01. The Hall–Kier alpha value is -0.490. The molecule has 0 saturated carbocycles. The highest BCUT2D eigenvalue weighted by atomic mass is 79.9. The van der Waals surface area contributed by atoms with Crippen LogP contribution in [0.3, 0.4) is 0 Å². The van der Waals surface area contributed by atoms with Crippen molar-refractivity contribution in [1.82, 2.24) is 5.32 Å². The molecule has 1 nitrogen and oxygen atoms in total. The van der Waals surface area contributed by atoms with Crippen molar-refractivity contribution >= 4 is 27.5 Å². The van der Waals surface area contributed by atoms with Gasteiger partial charge < -0.3 is 0 Å². The molecule has 0 spiro atoms. The highest BCUT2D eigenvalue weighted by Crippen LogP contribution is 2.29. The number of nitrogens with one attached hydrogen (secondary N) is 1. The largest absolute Gasteiger partial charge is 0.300 e. The molecular weight excluding hydrogens is 273 g/mol. The van der Waals surface area contributed by atoms with Crippen LogP contribution in [0.5, 0.6) is 0 Å². The second-order valence-corrected chi connectivity index (χ2v) is 4.43. The Kier molecular flexibility index (Phi) is 5.17. The zero-order valence-electron chi connectivity index (χ0n) is 8.56. The van der Waals surface area contributed by atoms with Gasteiger partial charge in [-0.15, -0.1) is 6.42 Å². The van der Waals surface area contributed by atoms with E-state index < -0.39 is 0 Å². The zero-order valence-corrected chi connectivity index (χ0v) is 10.9. The Morgan fingerprint density at radius 3 is 2.93 bits per heavy atom. The standard InChI is InChI=1S/C12H13BrClN/c1-3-8-15-11(4-2)9-6-5-7-10(13)12(9)14/h2,5-7,11,15H,3,8H2,1H3. The maximum Gasteiger partial charge on any atom is 0.0958 e. The summed E-state index contributed by atoms with van der Waals surface area (Å²) in [6, 6.07) is 5.66. The third-order valence-corrected chi connectivity index (χ3v) is 3.37. The topological polar surface area (TPSA) is 12.0 Å². The van der Waals surface area contributed by atoms with Crippen LogP contribution < -0.4 is 5.32 Å². The van der Waals surface area contributed by atoms with Gasteiger partial charge in [0.05, 0.1) is 11.1 Å². The maximum absolute atomic E-state index is 6.16. The van der Waals surface area contributed by atoms with Crippen molar-refractivity contribution in [1.29, 1.82) is 0 Å². The van der Waals surface area contributed by atoms with Gasteiger partial charge in [0.1, 0.15) is 0 Å². The summed E-state index contributed by atoms with van der Waals surface area (Å²) in [6.45, 7) is 2.99. The molecule has 0 aromatic heterocycles. The van der Waals surface area contributed by atoms with Gasteiger partial charge in [0.15, 0.2) is 0 Å². The van der Waals surface area contributed by atoms with Crippen LogP contribution in [0.1, 0.15) is 24.9 Å². The number of hydrogen-bond acceptors (Lipinski definition) is 1. The predicted octanol–water partition coefficient (Wildman–Crippen LogP) is 3.78. The summed E-state index contributed by atoms with van der Waals surface area (Å²) in [6.07, 6.45) is 6.52. The van der Waals surface area contributed by atoms with Crippen molar-refractivity contribution in [3.05, 3.63) is 33.3 Å². The Morgan fingerprint density at radius 1 is 1.60 bits per heavy atom. The second-order valence-electron chi connectivity index (χ2n) is 3.20. The summed E-state index contributed by atoms with van der Waals surface area (Å²) in [5.74, 6) is 2.70. The molecule has 1 N–H and O–H groups in total. The van der Waals surface area contributed by atoms with Gasteiger partial charge in [0.2, 0.25) is 0 Å². The van der Waals surface area contributed by atoms with Crippen LogP contribution in [0, 0.1) is 12.3 Å². The fourth-order valence-corrected chi connectivity index (χ4v) is 1.91. The molecule has 1 aromatic carbocycles. The van der Waals surface area contributed by atoms with E-state index in [-0.39, 0.29) is 6.04 Å². The molecule has 0 radical (unpaired) electrons. The second kappa shape index (κ2) is 6.17. The van der Waals surface area contributed by atoms with Crippen molar-refractivity contribution in [2.24, 2.45) is 0 Å². The summed E-state index contributed by atoms with van der Waals surface area (Å²) < 4.78 is 0.875. The minimum absolute atomic E-state index is 0.116. The van der Waals surface area contributed by atoms with Crippen LogP contribution >= 0.6 is 27.5 Å². The molecule has 15 heavy (non-hydrogen) atoms. The van der Waals surface area contributed by atoms with E-state index in [1.54, 1.807) is 0 Å². The molecule has 0 saturated heterocycles. The van der Waals surface area contributed by atoms with Crippen LogP contribution in [0.25, 0.3) is 0 Å². The van der Waals surface area contributed by atoms with E-state index >= 15 is 0 Å². The van der Waals surface area contributed by atoms with E-state index in [1.165, 1.54) is 0 Å². The van der Waals surface area contributed by atoms with Crippen LogP contribution in [-0.2, 0) is 0 Å². The first-order chi connectivity index (χ1) is 7.20. The molecule has 1 unspecified atom stereocenters. The smallest absolute Gasteiger partial charge is 0.0958 e. The van der Waals surface area contributed by atoms with Crippen LogP contribution in [0.4, 0.5) is 0 Å². The summed E-state index contributed by atoms with van der Waals surface area (Å²) in [7, 11) is 0. The summed E-state index contributed by atoms with van der Waals surface area (Å²) >= 11 is 9.55. The van der Waals surface area contributed by atoms with Gasteiger partial charge in [0.25, 0.3) is 0 Å². The molecule has 0 fully saturated rings. The molecule has 0 bridgehead atoms. The van der Waals surface area contributed by atoms with Gasteiger partial charge in [-0.05, 0) is 35.0 Å². The molecule has 1 atom stereocenters. The van der Waals surface area contributed by atoms with E-state index in [2.05, 4.69) is 34.1 Å². The minimum Gasteiger partial charge on any atom is -0.300 e. The third kappa shape index (κ3) is 3.24. The van der Waals surface area contributed by atoms with Gasteiger partial charge in [-0.3, -0.25) is 5.32 Å². The third-order valence-electron chi connectivity index (χ3n) is 2.06. The number of benzene rings is 1. The Bertz CT molecular complexity index is 370. The number of hydrogen-bond donors (Lipinski definition) is 1. The predicted molar refractivity (Wildman–Crippen MR) is 69.0 cm³/mol. The minimum atomic E-state index is -0.116. The van der Waals surface area contributed by atoms with Crippen molar-refractivity contribution in [2.75, 3.05) is 6.54 Å². The lowest BCUT2D eigenvalue weighted by Gasteiger charge is -2.14. The molecule has 0 amide bonds. The van der Waals surface area contributed by atoms with Gasteiger partial charge >= 0.3 is 0 Å². The Labute approximate surface area is 104 Å².